The highest BCUT2D eigenvalue weighted by Crippen LogP contribution is 2.46. The van der Waals surface area contributed by atoms with Crippen LogP contribution in [-0.4, -0.2) is 28.3 Å². The van der Waals surface area contributed by atoms with Gasteiger partial charge in [-0.2, -0.15) is 17.6 Å². The van der Waals surface area contributed by atoms with Crippen molar-refractivity contribution >= 4 is 23.2 Å². The average molecular weight is 245 g/mol. The first-order valence-corrected chi connectivity index (χ1v) is 3.81. The van der Waals surface area contributed by atoms with Gasteiger partial charge in [0.05, 0.1) is 0 Å². The van der Waals surface area contributed by atoms with Gasteiger partial charge in [0.15, 0.2) is 0 Å². The third-order valence-corrected chi connectivity index (χ3v) is 1.63. The van der Waals surface area contributed by atoms with Crippen molar-refractivity contribution in [3.05, 3.63) is 0 Å². The molecule has 2 nitrogen and oxygen atoms in total. The standard InChI is InChI=1S/C5H6Cl2F4O2/c1-2-13-3(12,4(6,8)9)5(7,10)11/h12H,2H2,1H3. The first-order valence-electron chi connectivity index (χ1n) is 3.06. The molecular formula is C5H6Cl2F4O2. The first-order chi connectivity index (χ1) is 5.56. The van der Waals surface area contributed by atoms with Crippen LogP contribution in [0.15, 0.2) is 0 Å². The summed E-state index contributed by atoms with van der Waals surface area (Å²) in [5.41, 5.74) is 0. The second-order valence-corrected chi connectivity index (χ2v) is 3.02. The van der Waals surface area contributed by atoms with Crippen LogP contribution in [0.25, 0.3) is 0 Å². The van der Waals surface area contributed by atoms with Gasteiger partial charge in [-0.1, -0.05) is 0 Å². The number of rotatable bonds is 4. The molecular weight excluding hydrogens is 239 g/mol. The minimum atomic E-state index is -4.69. The molecule has 0 spiro atoms. The van der Waals surface area contributed by atoms with E-state index in [-0.39, 0.29) is 0 Å². The van der Waals surface area contributed by atoms with Crippen molar-refractivity contribution in [2.24, 2.45) is 0 Å². The topological polar surface area (TPSA) is 29.5 Å². The molecule has 0 aromatic carbocycles. The molecule has 13 heavy (non-hydrogen) atoms. The fourth-order valence-corrected chi connectivity index (χ4v) is 0.928. The molecule has 0 aromatic rings. The monoisotopic (exact) mass is 244 g/mol. The molecule has 0 rings (SSSR count). The highest BCUT2D eigenvalue weighted by Gasteiger charge is 2.68. The summed E-state index contributed by atoms with van der Waals surface area (Å²) in [5.74, 6) is -4.21. The lowest BCUT2D eigenvalue weighted by atomic mass is 10.3. The molecule has 0 radical (unpaired) electrons. The molecule has 0 aromatic heterocycles. The Morgan fingerprint density at radius 2 is 1.46 bits per heavy atom. The van der Waals surface area contributed by atoms with Crippen molar-refractivity contribution < 1.29 is 27.4 Å². The van der Waals surface area contributed by atoms with E-state index < -0.39 is 23.2 Å². The number of hydrogen-bond donors (Lipinski definition) is 1. The Balaban J connectivity index is 4.96. The third kappa shape index (κ3) is 2.59. The summed E-state index contributed by atoms with van der Waals surface area (Å²) in [6.45, 7) is 0.525. The van der Waals surface area contributed by atoms with Crippen molar-refractivity contribution in [1.82, 2.24) is 0 Å². The lowest BCUT2D eigenvalue weighted by molar-refractivity contribution is -0.348. The van der Waals surface area contributed by atoms with Crippen LogP contribution in [-0.2, 0) is 4.74 Å². The predicted molar refractivity (Wildman–Crippen MR) is 38.2 cm³/mol. The Labute approximate surface area is 81.4 Å². The number of alkyl halides is 6. The molecule has 0 bridgehead atoms. The van der Waals surface area contributed by atoms with Gasteiger partial charge >= 0.3 is 16.6 Å². The Bertz CT molecular complexity index is 162. The molecule has 0 heterocycles. The second kappa shape index (κ2) is 3.76. The maximum absolute atomic E-state index is 12.3. The first kappa shape index (κ1) is 13.2. The van der Waals surface area contributed by atoms with Gasteiger partial charge in [-0.25, -0.2) is 0 Å². The summed E-state index contributed by atoms with van der Waals surface area (Å²) < 4.78 is 52.9. The van der Waals surface area contributed by atoms with Gasteiger partial charge in [-0.05, 0) is 30.1 Å². The molecule has 0 aliphatic rings. The van der Waals surface area contributed by atoms with E-state index in [4.69, 9.17) is 5.11 Å². The Hall–Kier alpha value is 0.220. The van der Waals surface area contributed by atoms with Gasteiger partial charge in [-0.3, -0.25) is 0 Å². The lowest BCUT2D eigenvalue weighted by Crippen LogP contribution is -2.57. The molecule has 1 N–H and O–H groups in total. The zero-order chi connectivity index (χ0) is 10.9. The summed E-state index contributed by atoms with van der Waals surface area (Å²) in [7, 11) is 0. The van der Waals surface area contributed by atoms with E-state index in [0.29, 0.717) is 0 Å². The molecule has 80 valence electrons. The molecule has 0 fully saturated rings. The Morgan fingerprint density at radius 1 is 1.15 bits per heavy atom. The summed E-state index contributed by atoms with van der Waals surface area (Å²) in [6.07, 6.45) is 0. The number of hydrogen-bond acceptors (Lipinski definition) is 2. The average Bonchev–Trinajstić information content (AvgIpc) is 1.82. The Morgan fingerprint density at radius 3 is 1.54 bits per heavy atom. The van der Waals surface area contributed by atoms with E-state index in [1.165, 1.54) is 0 Å². The molecule has 0 atom stereocenters. The molecule has 0 saturated heterocycles. The van der Waals surface area contributed by atoms with E-state index in [1.807, 2.05) is 0 Å². The van der Waals surface area contributed by atoms with E-state index >= 15 is 0 Å². The van der Waals surface area contributed by atoms with Crippen molar-refractivity contribution in [2.45, 2.75) is 23.5 Å². The Kier molecular flexibility index (Phi) is 3.83. The molecule has 0 amide bonds. The third-order valence-electron chi connectivity index (χ3n) is 1.12. The molecule has 0 aliphatic heterocycles. The van der Waals surface area contributed by atoms with Crippen molar-refractivity contribution in [1.29, 1.82) is 0 Å². The highest BCUT2D eigenvalue weighted by molar-refractivity contribution is 6.26. The molecule has 0 unspecified atom stereocenters. The van der Waals surface area contributed by atoms with Crippen LogP contribution in [0, 0.1) is 0 Å². The number of halogens is 6. The SMILES string of the molecule is CCOC(O)(C(F)(F)Cl)C(F)(F)Cl. The summed E-state index contributed by atoms with van der Waals surface area (Å²) >= 11 is 8.46. The van der Waals surface area contributed by atoms with Gasteiger partial charge < -0.3 is 9.84 Å². The van der Waals surface area contributed by atoms with E-state index in [2.05, 4.69) is 27.9 Å². The zero-order valence-corrected chi connectivity index (χ0v) is 7.84. The van der Waals surface area contributed by atoms with Crippen LogP contribution in [0.3, 0.4) is 0 Å². The zero-order valence-electron chi connectivity index (χ0n) is 6.33. The molecule has 0 aliphatic carbocycles. The van der Waals surface area contributed by atoms with Crippen LogP contribution in [0.5, 0.6) is 0 Å². The lowest BCUT2D eigenvalue weighted by Gasteiger charge is -2.33. The number of ether oxygens (including phenoxy) is 1. The van der Waals surface area contributed by atoms with Crippen molar-refractivity contribution in [3.63, 3.8) is 0 Å². The molecule has 8 heteroatoms. The number of aliphatic hydroxyl groups is 1. The van der Waals surface area contributed by atoms with Crippen LogP contribution in [0.1, 0.15) is 6.92 Å². The van der Waals surface area contributed by atoms with Crippen LogP contribution >= 0.6 is 23.2 Å². The summed E-state index contributed by atoms with van der Waals surface area (Å²) in [6, 6.07) is 0. The smallest absolute Gasteiger partial charge is 0.354 e. The van der Waals surface area contributed by atoms with Gasteiger partial charge in [0.2, 0.25) is 0 Å². The van der Waals surface area contributed by atoms with Gasteiger partial charge in [-0.15, -0.1) is 0 Å². The van der Waals surface area contributed by atoms with Crippen LogP contribution in [0.2, 0.25) is 0 Å². The quantitative estimate of drug-likeness (QED) is 0.468. The maximum Gasteiger partial charge on any atom is 0.382 e. The summed E-state index contributed by atoms with van der Waals surface area (Å²) in [4.78, 5) is 0. The van der Waals surface area contributed by atoms with Gasteiger partial charge in [0.1, 0.15) is 0 Å². The van der Waals surface area contributed by atoms with E-state index in [9.17, 15) is 17.6 Å². The summed E-state index contributed by atoms with van der Waals surface area (Å²) in [5, 5.41) is -0.674. The van der Waals surface area contributed by atoms with Crippen molar-refractivity contribution in [2.75, 3.05) is 6.61 Å². The van der Waals surface area contributed by atoms with Gasteiger partial charge in [0, 0.05) is 6.61 Å². The van der Waals surface area contributed by atoms with Gasteiger partial charge in [0.25, 0.3) is 0 Å². The van der Waals surface area contributed by atoms with E-state index in [0.717, 1.165) is 6.92 Å². The highest BCUT2D eigenvalue weighted by atomic mass is 35.5. The largest absolute Gasteiger partial charge is 0.382 e. The van der Waals surface area contributed by atoms with Crippen molar-refractivity contribution in [3.8, 4) is 0 Å². The molecule has 0 saturated carbocycles. The van der Waals surface area contributed by atoms with Crippen LogP contribution in [0.4, 0.5) is 17.6 Å². The second-order valence-electron chi connectivity index (χ2n) is 2.07. The minimum absolute atomic E-state index is 0.596. The van der Waals surface area contributed by atoms with E-state index in [1.54, 1.807) is 0 Å². The predicted octanol–water partition coefficient (Wildman–Crippen LogP) is 2.37. The van der Waals surface area contributed by atoms with Crippen LogP contribution < -0.4 is 0 Å². The minimum Gasteiger partial charge on any atom is -0.354 e. The fourth-order valence-electron chi connectivity index (χ4n) is 0.533. The fraction of sp³-hybridized carbons (Fsp3) is 1.00. The normalized spacial score (nSPS) is 14.8. The maximum atomic E-state index is 12.3.